The number of nitrogens with zero attached hydrogens (tertiary/aromatic N) is 1. The maximum Gasteiger partial charge on any atom is 0.0987 e. The third kappa shape index (κ3) is 2.07. The van der Waals surface area contributed by atoms with Crippen LogP contribution in [0.5, 0.6) is 0 Å². The van der Waals surface area contributed by atoms with E-state index < -0.39 is 6.10 Å². The Morgan fingerprint density at radius 1 is 1.36 bits per heavy atom. The lowest BCUT2D eigenvalue weighted by Crippen LogP contribution is -2.10. The molecular formula is C11H14ClNO. The Morgan fingerprint density at radius 2 is 2.07 bits per heavy atom. The first-order chi connectivity index (χ1) is 6.77. The molecule has 1 N–H and O–H groups in total. The summed E-state index contributed by atoms with van der Waals surface area (Å²) in [4.78, 5) is 4.14. The molecule has 1 unspecified atom stereocenters. The van der Waals surface area contributed by atoms with Gasteiger partial charge in [-0.2, -0.15) is 0 Å². The highest BCUT2D eigenvalue weighted by Gasteiger charge is 2.24. The molecule has 0 spiro atoms. The molecule has 14 heavy (non-hydrogen) atoms. The van der Waals surface area contributed by atoms with E-state index in [0.29, 0.717) is 10.9 Å². The third-order valence-corrected chi connectivity index (χ3v) is 3.12. The van der Waals surface area contributed by atoms with Crippen molar-refractivity contribution in [1.82, 2.24) is 4.98 Å². The topological polar surface area (TPSA) is 33.1 Å². The lowest BCUT2D eigenvalue weighted by molar-refractivity contribution is 0.107. The number of aliphatic hydroxyl groups is 1. The molecule has 1 atom stereocenters. The summed E-state index contributed by atoms with van der Waals surface area (Å²) in [5, 5.41) is 10.6. The van der Waals surface area contributed by atoms with Crippen LogP contribution in [0.15, 0.2) is 18.3 Å². The summed E-state index contributed by atoms with van der Waals surface area (Å²) in [6.07, 6.45) is 5.88. The number of pyridine rings is 1. The highest BCUT2D eigenvalue weighted by atomic mass is 35.5. The Hall–Kier alpha value is -0.600. The van der Waals surface area contributed by atoms with E-state index in [1.54, 1.807) is 12.3 Å². The molecule has 1 aromatic heterocycles. The van der Waals surface area contributed by atoms with Crippen molar-refractivity contribution >= 4 is 11.6 Å². The van der Waals surface area contributed by atoms with E-state index in [-0.39, 0.29) is 0 Å². The van der Waals surface area contributed by atoms with Gasteiger partial charge in [-0.1, -0.05) is 24.4 Å². The summed E-state index contributed by atoms with van der Waals surface area (Å²) in [6.45, 7) is 0. The predicted octanol–water partition coefficient (Wildman–Crippen LogP) is 2.96. The minimum absolute atomic E-state index is 0.392. The van der Waals surface area contributed by atoms with Gasteiger partial charge in [0.05, 0.1) is 16.8 Å². The summed E-state index contributed by atoms with van der Waals surface area (Å²) in [6, 6.07) is 3.59. The van der Waals surface area contributed by atoms with Crippen LogP contribution in [0.2, 0.25) is 5.02 Å². The van der Waals surface area contributed by atoms with Crippen LogP contribution in [-0.4, -0.2) is 10.1 Å². The first-order valence-corrected chi connectivity index (χ1v) is 5.44. The minimum atomic E-state index is -0.408. The first-order valence-electron chi connectivity index (χ1n) is 5.07. The van der Waals surface area contributed by atoms with Crippen LogP contribution in [-0.2, 0) is 0 Å². The lowest BCUT2D eigenvalue weighted by Gasteiger charge is -2.16. The Morgan fingerprint density at radius 3 is 2.64 bits per heavy atom. The van der Waals surface area contributed by atoms with Gasteiger partial charge >= 0.3 is 0 Å². The van der Waals surface area contributed by atoms with Gasteiger partial charge in [0.25, 0.3) is 0 Å². The van der Waals surface area contributed by atoms with Crippen molar-refractivity contribution in [2.45, 2.75) is 31.8 Å². The van der Waals surface area contributed by atoms with Crippen LogP contribution >= 0.6 is 11.6 Å². The Kier molecular flexibility index (Phi) is 3.04. The van der Waals surface area contributed by atoms with Gasteiger partial charge in [-0.25, -0.2) is 0 Å². The zero-order valence-corrected chi connectivity index (χ0v) is 8.74. The second kappa shape index (κ2) is 4.28. The number of hydrogen-bond donors (Lipinski definition) is 1. The standard InChI is InChI=1S/C11H14ClNO/c12-9-5-6-10(13-7-9)11(14)8-3-1-2-4-8/h5-8,11,14H,1-4H2. The third-order valence-electron chi connectivity index (χ3n) is 2.90. The largest absolute Gasteiger partial charge is 0.387 e. The number of halogens is 1. The molecule has 0 aliphatic heterocycles. The molecule has 1 heterocycles. The molecule has 1 aromatic rings. The summed E-state index contributed by atoms with van der Waals surface area (Å²) in [5.41, 5.74) is 0.751. The number of aliphatic hydroxyl groups excluding tert-OH is 1. The van der Waals surface area contributed by atoms with Crippen molar-refractivity contribution < 1.29 is 5.11 Å². The van der Waals surface area contributed by atoms with Crippen LogP contribution in [0.25, 0.3) is 0 Å². The Labute approximate surface area is 88.9 Å². The van der Waals surface area contributed by atoms with Gasteiger partial charge in [0.15, 0.2) is 0 Å². The van der Waals surface area contributed by atoms with Gasteiger partial charge in [-0.05, 0) is 30.9 Å². The molecule has 3 heteroatoms. The molecule has 76 valence electrons. The molecule has 1 saturated carbocycles. The molecule has 0 aromatic carbocycles. The molecule has 1 fully saturated rings. The fourth-order valence-electron chi connectivity index (χ4n) is 2.08. The highest BCUT2D eigenvalue weighted by Crippen LogP contribution is 2.34. The number of rotatable bonds is 2. The van der Waals surface area contributed by atoms with Crippen LogP contribution in [0.4, 0.5) is 0 Å². The fraction of sp³-hybridized carbons (Fsp3) is 0.545. The fourth-order valence-corrected chi connectivity index (χ4v) is 2.19. The van der Waals surface area contributed by atoms with Gasteiger partial charge in [0.1, 0.15) is 0 Å². The Bertz CT molecular complexity index is 293. The van der Waals surface area contributed by atoms with Crippen molar-refractivity contribution in [2.75, 3.05) is 0 Å². The van der Waals surface area contributed by atoms with Gasteiger partial charge in [-0.3, -0.25) is 4.98 Å². The van der Waals surface area contributed by atoms with Gasteiger partial charge in [0, 0.05) is 6.20 Å². The zero-order valence-electron chi connectivity index (χ0n) is 7.99. The summed E-state index contributed by atoms with van der Waals surface area (Å²) < 4.78 is 0. The van der Waals surface area contributed by atoms with Gasteiger partial charge in [-0.15, -0.1) is 0 Å². The Balaban J connectivity index is 2.09. The minimum Gasteiger partial charge on any atom is -0.387 e. The number of hydrogen-bond acceptors (Lipinski definition) is 2. The summed E-state index contributed by atoms with van der Waals surface area (Å²) >= 11 is 5.73. The van der Waals surface area contributed by atoms with E-state index in [2.05, 4.69) is 4.98 Å². The lowest BCUT2D eigenvalue weighted by atomic mass is 9.98. The van der Waals surface area contributed by atoms with Crippen molar-refractivity contribution in [2.24, 2.45) is 5.92 Å². The second-order valence-electron chi connectivity index (χ2n) is 3.89. The van der Waals surface area contributed by atoms with Gasteiger partial charge < -0.3 is 5.11 Å². The number of aromatic nitrogens is 1. The van der Waals surface area contributed by atoms with Crippen molar-refractivity contribution in [3.8, 4) is 0 Å². The zero-order chi connectivity index (χ0) is 9.97. The molecule has 2 rings (SSSR count). The molecule has 1 aliphatic rings. The maximum atomic E-state index is 10.0. The maximum absolute atomic E-state index is 10.0. The molecule has 0 saturated heterocycles. The van der Waals surface area contributed by atoms with E-state index in [1.807, 2.05) is 6.07 Å². The summed E-state index contributed by atoms with van der Waals surface area (Å²) in [7, 11) is 0. The SMILES string of the molecule is OC(c1ccc(Cl)cn1)C1CCCC1. The molecule has 1 aliphatic carbocycles. The molecule has 0 bridgehead atoms. The van der Waals surface area contributed by atoms with E-state index in [0.717, 1.165) is 18.5 Å². The van der Waals surface area contributed by atoms with Crippen molar-refractivity contribution in [3.63, 3.8) is 0 Å². The monoisotopic (exact) mass is 211 g/mol. The van der Waals surface area contributed by atoms with E-state index >= 15 is 0 Å². The summed E-state index contributed by atoms with van der Waals surface area (Å²) in [5.74, 6) is 0.392. The van der Waals surface area contributed by atoms with Crippen molar-refractivity contribution in [3.05, 3.63) is 29.0 Å². The smallest absolute Gasteiger partial charge is 0.0987 e. The van der Waals surface area contributed by atoms with Crippen LogP contribution < -0.4 is 0 Å². The highest BCUT2D eigenvalue weighted by molar-refractivity contribution is 6.30. The quantitative estimate of drug-likeness (QED) is 0.816. The van der Waals surface area contributed by atoms with Crippen LogP contribution in [0.3, 0.4) is 0 Å². The van der Waals surface area contributed by atoms with E-state index in [4.69, 9.17) is 11.6 Å². The normalized spacial score (nSPS) is 19.9. The molecule has 0 radical (unpaired) electrons. The first kappa shape index (κ1) is 9.94. The second-order valence-corrected chi connectivity index (χ2v) is 4.33. The van der Waals surface area contributed by atoms with Crippen LogP contribution in [0.1, 0.15) is 37.5 Å². The molecule has 2 nitrogen and oxygen atoms in total. The van der Waals surface area contributed by atoms with Gasteiger partial charge in [0.2, 0.25) is 0 Å². The van der Waals surface area contributed by atoms with Crippen LogP contribution in [0, 0.1) is 5.92 Å². The van der Waals surface area contributed by atoms with Crippen molar-refractivity contribution in [1.29, 1.82) is 0 Å². The molecular weight excluding hydrogens is 198 g/mol. The van der Waals surface area contributed by atoms with E-state index in [9.17, 15) is 5.11 Å². The average Bonchev–Trinajstić information content (AvgIpc) is 2.71. The average molecular weight is 212 g/mol. The molecule has 0 amide bonds. The van der Waals surface area contributed by atoms with E-state index in [1.165, 1.54) is 12.8 Å². The predicted molar refractivity (Wildman–Crippen MR) is 56.2 cm³/mol.